The Morgan fingerprint density at radius 1 is 1.18 bits per heavy atom. The van der Waals surface area contributed by atoms with Gasteiger partial charge in [-0.05, 0) is 23.3 Å². The van der Waals surface area contributed by atoms with E-state index in [0.717, 1.165) is 0 Å². The molecule has 0 atom stereocenters. The van der Waals surface area contributed by atoms with Crippen LogP contribution in [0.1, 0.15) is 27.3 Å². The summed E-state index contributed by atoms with van der Waals surface area (Å²) in [4.78, 5) is 14.4. The Kier molecular flexibility index (Phi) is 4.35. The van der Waals surface area contributed by atoms with Crippen molar-refractivity contribution in [3.05, 3.63) is 58.9 Å². The van der Waals surface area contributed by atoms with E-state index in [1.54, 1.807) is 24.3 Å². The molecule has 0 saturated heterocycles. The van der Waals surface area contributed by atoms with Crippen LogP contribution in [0.3, 0.4) is 0 Å². The predicted octanol–water partition coefficient (Wildman–Crippen LogP) is 2.80. The summed E-state index contributed by atoms with van der Waals surface area (Å²) in [6.45, 7) is 0. The van der Waals surface area contributed by atoms with E-state index >= 15 is 0 Å². The minimum Gasteiger partial charge on any atom is -0.496 e. The summed E-state index contributed by atoms with van der Waals surface area (Å²) in [5.41, 5.74) is 3.98. The molecule has 0 aliphatic heterocycles. The Labute approximate surface area is 124 Å². The SMILES string of the molecule is COc1ccccc1Cc1ccc(C(N)=O)nc1C(F)(F)F. The molecule has 1 heterocycles. The number of para-hydroxylation sites is 1. The number of benzene rings is 1. The first kappa shape index (κ1) is 15.8. The number of hydrogen-bond acceptors (Lipinski definition) is 3. The van der Waals surface area contributed by atoms with Crippen LogP contribution in [0.15, 0.2) is 36.4 Å². The highest BCUT2D eigenvalue weighted by Gasteiger charge is 2.36. The van der Waals surface area contributed by atoms with Crippen molar-refractivity contribution < 1.29 is 22.7 Å². The van der Waals surface area contributed by atoms with Gasteiger partial charge in [0.1, 0.15) is 17.1 Å². The van der Waals surface area contributed by atoms with E-state index in [4.69, 9.17) is 10.5 Å². The summed E-state index contributed by atoms with van der Waals surface area (Å²) in [7, 11) is 1.44. The van der Waals surface area contributed by atoms with Crippen molar-refractivity contribution >= 4 is 5.91 Å². The molecular formula is C15H13F3N2O2. The Hall–Kier alpha value is -2.57. The van der Waals surface area contributed by atoms with Gasteiger partial charge in [-0.25, -0.2) is 4.98 Å². The number of methoxy groups -OCH3 is 1. The average Bonchev–Trinajstić information content (AvgIpc) is 2.47. The third-order valence-corrected chi connectivity index (χ3v) is 3.07. The number of amides is 1. The molecule has 116 valence electrons. The molecule has 0 bridgehead atoms. The number of alkyl halides is 3. The largest absolute Gasteiger partial charge is 0.496 e. The average molecular weight is 310 g/mol. The van der Waals surface area contributed by atoms with Crippen molar-refractivity contribution in [2.24, 2.45) is 5.73 Å². The summed E-state index contributed by atoms with van der Waals surface area (Å²) in [5.74, 6) is -0.524. The molecule has 2 aromatic rings. The number of halogens is 3. The number of nitrogens with zero attached hydrogens (tertiary/aromatic N) is 1. The lowest BCUT2D eigenvalue weighted by Crippen LogP contribution is -2.19. The molecule has 0 spiro atoms. The normalized spacial score (nSPS) is 11.3. The molecule has 0 fully saturated rings. The lowest BCUT2D eigenvalue weighted by atomic mass is 10.0. The third kappa shape index (κ3) is 3.36. The molecule has 22 heavy (non-hydrogen) atoms. The second-order valence-electron chi connectivity index (χ2n) is 4.55. The second kappa shape index (κ2) is 6.05. The molecule has 0 radical (unpaired) electrons. The molecule has 1 amide bonds. The van der Waals surface area contributed by atoms with Crippen LogP contribution in [0, 0.1) is 0 Å². The van der Waals surface area contributed by atoms with Crippen LogP contribution < -0.4 is 10.5 Å². The zero-order valence-corrected chi connectivity index (χ0v) is 11.6. The number of ether oxygens (including phenoxy) is 1. The van der Waals surface area contributed by atoms with E-state index in [2.05, 4.69) is 4.98 Å². The zero-order chi connectivity index (χ0) is 16.3. The molecule has 0 aliphatic carbocycles. The van der Waals surface area contributed by atoms with Gasteiger partial charge in [0, 0.05) is 6.42 Å². The quantitative estimate of drug-likeness (QED) is 0.944. The van der Waals surface area contributed by atoms with Gasteiger partial charge in [-0.15, -0.1) is 0 Å². The van der Waals surface area contributed by atoms with Crippen molar-refractivity contribution in [3.63, 3.8) is 0 Å². The maximum atomic E-state index is 13.1. The second-order valence-corrected chi connectivity index (χ2v) is 4.55. The van der Waals surface area contributed by atoms with Crippen LogP contribution in [0.25, 0.3) is 0 Å². The van der Waals surface area contributed by atoms with Crippen molar-refractivity contribution in [1.29, 1.82) is 0 Å². The fourth-order valence-electron chi connectivity index (χ4n) is 2.07. The van der Waals surface area contributed by atoms with Crippen LogP contribution >= 0.6 is 0 Å². The van der Waals surface area contributed by atoms with E-state index in [1.165, 1.54) is 19.2 Å². The van der Waals surface area contributed by atoms with Crippen LogP contribution in [0.4, 0.5) is 13.2 Å². The van der Waals surface area contributed by atoms with Gasteiger partial charge in [0.25, 0.3) is 5.91 Å². The van der Waals surface area contributed by atoms with Crippen molar-refractivity contribution in [1.82, 2.24) is 4.98 Å². The van der Waals surface area contributed by atoms with Gasteiger partial charge >= 0.3 is 6.18 Å². The Morgan fingerprint density at radius 3 is 2.45 bits per heavy atom. The maximum Gasteiger partial charge on any atom is 0.433 e. The van der Waals surface area contributed by atoms with E-state index in [0.29, 0.717) is 11.3 Å². The highest BCUT2D eigenvalue weighted by molar-refractivity contribution is 5.90. The van der Waals surface area contributed by atoms with Crippen LogP contribution in [0.2, 0.25) is 0 Å². The van der Waals surface area contributed by atoms with Crippen LogP contribution in [0.5, 0.6) is 5.75 Å². The number of carbonyl (C=O) groups is 1. The first-order valence-electron chi connectivity index (χ1n) is 6.31. The monoisotopic (exact) mass is 310 g/mol. The fraction of sp³-hybridized carbons (Fsp3) is 0.200. The van der Waals surface area contributed by atoms with Gasteiger partial charge in [0.05, 0.1) is 7.11 Å². The molecule has 2 N–H and O–H groups in total. The lowest BCUT2D eigenvalue weighted by Gasteiger charge is -2.14. The number of pyridine rings is 1. The highest BCUT2D eigenvalue weighted by Crippen LogP contribution is 2.32. The number of aromatic nitrogens is 1. The zero-order valence-electron chi connectivity index (χ0n) is 11.6. The minimum absolute atomic E-state index is 0.0229. The fourth-order valence-corrected chi connectivity index (χ4v) is 2.07. The smallest absolute Gasteiger partial charge is 0.433 e. The third-order valence-electron chi connectivity index (χ3n) is 3.07. The standard InChI is InChI=1S/C15H13F3N2O2/c1-22-12-5-3-2-4-9(12)8-10-6-7-11(14(19)21)20-13(10)15(16,17)18/h2-7H,8H2,1H3,(H2,19,21). The van der Waals surface area contributed by atoms with Crippen molar-refractivity contribution in [2.75, 3.05) is 7.11 Å². The van der Waals surface area contributed by atoms with Crippen molar-refractivity contribution in [3.8, 4) is 5.75 Å². The maximum absolute atomic E-state index is 13.1. The van der Waals surface area contributed by atoms with E-state index in [1.807, 2.05) is 0 Å². The number of hydrogen-bond donors (Lipinski definition) is 1. The predicted molar refractivity (Wildman–Crippen MR) is 73.6 cm³/mol. The number of carbonyl (C=O) groups excluding carboxylic acids is 1. The first-order chi connectivity index (χ1) is 10.3. The van der Waals surface area contributed by atoms with Gasteiger partial charge in [0.15, 0.2) is 0 Å². The molecule has 2 rings (SSSR count). The molecule has 0 saturated carbocycles. The van der Waals surface area contributed by atoms with E-state index in [-0.39, 0.29) is 12.0 Å². The number of rotatable bonds is 4. The number of primary amides is 1. The highest BCUT2D eigenvalue weighted by atomic mass is 19.4. The molecule has 0 aliphatic rings. The number of nitrogens with two attached hydrogens (primary N) is 1. The molecule has 7 heteroatoms. The van der Waals surface area contributed by atoms with Crippen LogP contribution in [-0.2, 0) is 12.6 Å². The molecule has 4 nitrogen and oxygen atoms in total. The van der Waals surface area contributed by atoms with Gasteiger partial charge < -0.3 is 10.5 Å². The topological polar surface area (TPSA) is 65.2 Å². The van der Waals surface area contributed by atoms with Crippen molar-refractivity contribution in [2.45, 2.75) is 12.6 Å². The Bertz CT molecular complexity index is 699. The summed E-state index contributed by atoms with van der Waals surface area (Å²) in [6.07, 6.45) is -4.70. The van der Waals surface area contributed by atoms with Gasteiger partial charge in [-0.2, -0.15) is 13.2 Å². The summed E-state index contributed by atoms with van der Waals surface area (Å²) in [6, 6.07) is 9.15. The van der Waals surface area contributed by atoms with E-state index < -0.39 is 23.5 Å². The van der Waals surface area contributed by atoms with Gasteiger partial charge in [-0.1, -0.05) is 24.3 Å². The molecule has 1 aromatic carbocycles. The first-order valence-corrected chi connectivity index (χ1v) is 6.31. The summed E-state index contributed by atoms with van der Waals surface area (Å²) < 4.78 is 44.5. The molecule has 0 unspecified atom stereocenters. The van der Waals surface area contributed by atoms with Gasteiger partial charge in [0.2, 0.25) is 0 Å². The van der Waals surface area contributed by atoms with Crippen LogP contribution in [-0.4, -0.2) is 18.0 Å². The van der Waals surface area contributed by atoms with Gasteiger partial charge in [-0.3, -0.25) is 4.79 Å². The van der Waals surface area contributed by atoms with E-state index in [9.17, 15) is 18.0 Å². The molecular weight excluding hydrogens is 297 g/mol. The Balaban J connectivity index is 2.48. The molecule has 1 aromatic heterocycles. The summed E-state index contributed by atoms with van der Waals surface area (Å²) in [5, 5.41) is 0. The Morgan fingerprint density at radius 2 is 1.86 bits per heavy atom. The summed E-state index contributed by atoms with van der Waals surface area (Å²) >= 11 is 0. The lowest BCUT2D eigenvalue weighted by molar-refractivity contribution is -0.141. The minimum atomic E-state index is -4.68.